The first-order valence-electron chi connectivity index (χ1n) is 6.00. The zero-order chi connectivity index (χ0) is 14.9. The Balaban J connectivity index is 3.88. The van der Waals surface area contributed by atoms with Crippen LogP contribution in [0.4, 0.5) is 0 Å². The van der Waals surface area contributed by atoms with E-state index in [1.54, 1.807) is 22.2 Å². The van der Waals surface area contributed by atoms with Gasteiger partial charge in [0, 0.05) is 0 Å². The number of carbonyl (C=O) groups is 2. The van der Waals surface area contributed by atoms with Gasteiger partial charge in [0.25, 0.3) is 0 Å². The maximum absolute atomic E-state index is 11.6. The van der Waals surface area contributed by atoms with Crippen LogP contribution >= 0.6 is 8.31 Å². The third kappa shape index (κ3) is 8.10. The first kappa shape index (κ1) is 19.1. The zero-order valence-electron chi connectivity index (χ0n) is 11.3. The van der Waals surface area contributed by atoms with Gasteiger partial charge in [-0.1, -0.05) is 0 Å². The molecule has 0 aliphatic heterocycles. The molecule has 6 nitrogen and oxygen atoms in total. The van der Waals surface area contributed by atoms with Crippen LogP contribution in [-0.2, 0) is 9.59 Å². The van der Waals surface area contributed by atoms with Crippen LogP contribution in [0, 0.1) is 5.41 Å². The molecule has 0 radical (unpaired) electrons. The van der Waals surface area contributed by atoms with Gasteiger partial charge in [0.1, 0.15) is 0 Å². The molecular weight excluding hydrogens is 461 g/mol. The summed E-state index contributed by atoms with van der Waals surface area (Å²) in [5.74, 6) is 0.241. The molecule has 0 aromatic carbocycles. The number of aliphatic hydroxyl groups is 2. The summed E-state index contributed by atoms with van der Waals surface area (Å²) >= 11 is 0.873. The van der Waals surface area contributed by atoms with Gasteiger partial charge in [0.15, 0.2) is 0 Å². The summed E-state index contributed by atoms with van der Waals surface area (Å²) in [7, 11) is 1.81. The van der Waals surface area contributed by atoms with Crippen molar-refractivity contribution in [2.75, 3.05) is 25.4 Å². The Kier molecular flexibility index (Phi) is 10.0. The molecule has 0 saturated heterocycles. The van der Waals surface area contributed by atoms with Crippen molar-refractivity contribution in [3.63, 3.8) is 0 Å². The average Bonchev–Trinajstić information content (AvgIpc) is 2.38. The van der Waals surface area contributed by atoms with Crippen LogP contribution in [-0.4, -0.2) is 77.8 Å². The predicted molar refractivity (Wildman–Crippen MR) is 75.7 cm³/mol. The van der Waals surface area contributed by atoms with Gasteiger partial charge in [-0.2, -0.15) is 0 Å². The zero-order valence-corrected chi connectivity index (χ0v) is 16.6. The Morgan fingerprint density at radius 1 is 1.32 bits per heavy atom. The molecule has 0 rings (SSSR count). The second kappa shape index (κ2) is 9.95. The number of amides is 2. The molecule has 0 heterocycles. The molecule has 0 bridgehead atoms. The summed E-state index contributed by atoms with van der Waals surface area (Å²) in [5.41, 5.74) is -0.893. The van der Waals surface area contributed by atoms with Gasteiger partial charge >= 0.3 is 127 Å². The van der Waals surface area contributed by atoms with Gasteiger partial charge in [-0.3, -0.25) is 0 Å². The first-order chi connectivity index (χ1) is 8.85. The van der Waals surface area contributed by atoms with E-state index in [1.165, 1.54) is 0 Å². The van der Waals surface area contributed by atoms with E-state index in [2.05, 4.69) is 10.6 Å². The molecule has 0 fully saturated rings. The van der Waals surface area contributed by atoms with Gasteiger partial charge in [-0.05, 0) is 0 Å². The Hall–Kier alpha value is 0.132. The van der Waals surface area contributed by atoms with Gasteiger partial charge in [0.05, 0.1) is 0 Å². The fourth-order valence-electron chi connectivity index (χ4n) is 1.18. The molecule has 19 heavy (non-hydrogen) atoms. The number of carbonyl (C=O) groups excluding carboxylic acids is 2. The van der Waals surface area contributed by atoms with E-state index in [0.717, 1.165) is 30.0 Å². The summed E-state index contributed by atoms with van der Waals surface area (Å²) < 4.78 is 0. The minimum absolute atomic E-state index is 0.116. The van der Waals surface area contributed by atoms with Crippen LogP contribution in [0.25, 0.3) is 0 Å². The van der Waals surface area contributed by atoms with E-state index in [9.17, 15) is 14.7 Å². The summed E-state index contributed by atoms with van der Waals surface area (Å²) in [4.78, 5) is 23.0. The fraction of sp³-hybridized carbons (Fsp3) is 0.818. The third-order valence-corrected chi connectivity index (χ3v) is 5.78. The number of aliphatic hydroxyl groups excluding tert-OH is 2. The van der Waals surface area contributed by atoms with Crippen molar-refractivity contribution >= 4 is 44.4 Å². The van der Waals surface area contributed by atoms with E-state index in [-0.39, 0.29) is 25.5 Å². The fourth-order valence-corrected chi connectivity index (χ4v) is 2.77. The van der Waals surface area contributed by atoms with E-state index in [0.29, 0.717) is 6.54 Å². The summed E-state index contributed by atoms with van der Waals surface area (Å²) in [6.45, 7) is 3.72. The van der Waals surface area contributed by atoms with E-state index >= 15 is 0 Å². The van der Waals surface area contributed by atoms with Crippen LogP contribution in [0.5, 0.6) is 0 Å². The minimum atomic E-state index is -1.29. The second-order valence-electron chi connectivity index (χ2n) is 4.81. The van der Waals surface area contributed by atoms with Crippen LogP contribution in [0.2, 0.25) is 0 Å². The third-order valence-electron chi connectivity index (χ3n) is 2.59. The first-order valence-corrected chi connectivity index (χ1v) is 12.5. The second-order valence-corrected chi connectivity index (χ2v) is 9.44. The SMILES string of the molecule is CC(C)(CO)C(O)C(=O)NCCC(=O)NCC[S][Tl]. The summed E-state index contributed by atoms with van der Waals surface area (Å²) in [6.07, 6.45) is -1.10. The molecule has 0 saturated carbocycles. The number of rotatable bonds is 9. The molecule has 8 heteroatoms. The molecule has 0 aliphatic rings. The molecule has 1 unspecified atom stereocenters. The van der Waals surface area contributed by atoms with Crippen molar-refractivity contribution in [1.82, 2.24) is 10.6 Å². The van der Waals surface area contributed by atoms with Gasteiger partial charge in [-0.15, -0.1) is 0 Å². The Morgan fingerprint density at radius 2 is 1.95 bits per heavy atom. The predicted octanol–water partition coefficient (Wildman–Crippen LogP) is -1.19. The van der Waals surface area contributed by atoms with Crippen molar-refractivity contribution in [2.24, 2.45) is 5.41 Å². The van der Waals surface area contributed by atoms with Crippen molar-refractivity contribution in [1.29, 1.82) is 0 Å². The maximum atomic E-state index is 11.6. The van der Waals surface area contributed by atoms with E-state index in [1.807, 2.05) is 0 Å². The van der Waals surface area contributed by atoms with Gasteiger partial charge < -0.3 is 5.11 Å². The molecule has 2 amide bonds. The Labute approximate surface area is 131 Å². The summed E-state index contributed by atoms with van der Waals surface area (Å²) in [5, 5.41) is 24.0. The standard InChI is InChI=1S/C11H22N2O4S.Tl/c1-11(2,7-14)9(16)10(17)13-4-3-8(15)12-5-6-18;/h9,14,16,18H,3-7H2,1-2H3,(H,12,15)(H,13,17);/q;+1/p-1. The van der Waals surface area contributed by atoms with Crippen molar-refractivity contribution in [2.45, 2.75) is 26.4 Å². The average molecular weight is 482 g/mol. The number of hydrogen-bond acceptors (Lipinski definition) is 5. The van der Waals surface area contributed by atoms with Crippen LogP contribution < -0.4 is 10.6 Å². The van der Waals surface area contributed by atoms with Crippen molar-refractivity contribution < 1.29 is 19.8 Å². The Morgan fingerprint density at radius 3 is 2.47 bits per heavy atom. The van der Waals surface area contributed by atoms with Crippen molar-refractivity contribution in [3.05, 3.63) is 0 Å². The quantitative estimate of drug-likeness (QED) is 0.245. The monoisotopic (exact) mass is 482 g/mol. The normalized spacial score (nSPS) is 12.8. The van der Waals surface area contributed by atoms with E-state index < -0.39 is 17.4 Å². The number of hydrogen-bond donors (Lipinski definition) is 4. The Bertz CT molecular complexity index is 302. The molecule has 4 N–H and O–H groups in total. The van der Waals surface area contributed by atoms with Gasteiger partial charge in [0.2, 0.25) is 0 Å². The summed E-state index contributed by atoms with van der Waals surface area (Å²) in [6, 6.07) is 0. The molecule has 0 aromatic rings. The van der Waals surface area contributed by atoms with Gasteiger partial charge in [-0.25, -0.2) is 0 Å². The van der Waals surface area contributed by atoms with Crippen LogP contribution in [0.1, 0.15) is 20.3 Å². The molecule has 1 atom stereocenters. The molecule has 0 aliphatic carbocycles. The van der Waals surface area contributed by atoms with Crippen molar-refractivity contribution in [3.8, 4) is 0 Å². The number of nitrogens with one attached hydrogen (secondary N) is 2. The molecule has 0 spiro atoms. The molecule has 108 valence electrons. The molecular formula is C11H21N2O4STl. The van der Waals surface area contributed by atoms with E-state index in [4.69, 9.17) is 5.11 Å². The topological polar surface area (TPSA) is 98.7 Å². The van der Waals surface area contributed by atoms with Crippen LogP contribution in [0.15, 0.2) is 0 Å². The molecule has 0 aromatic heterocycles. The van der Waals surface area contributed by atoms with Crippen LogP contribution in [0.3, 0.4) is 0 Å².